The van der Waals surface area contributed by atoms with E-state index < -0.39 is 0 Å². The Bertz CT molecular complexity index is 984. The number of carbonyl (C=O) groups excluding carboxylic acids is 1. The van der Waals surface area contributed by atoms with E-state index in [1.807, 2.05) is 30.3 Å². The molecule has 170 valence electrons. The maximum absolute atomic E-state index is 13.0. The van der Waals surface area contributed by atoms with Crippen LogP contribution in [0, 0.1) is 17.3 Å². The van der Waals surface area contributed by atoms with Crippen LogP contribution in [-0.2, 0) is 17.8 Å². The number of aryl methyl sites for hydroxylation is 1. The number of methoxy groups -OCH3 is 1. The van der Waals surface area contributed by atoms with Gasteiger partial charge in [-0.05, 0) is 90.5 Å². The van der Waals surface area contributed by atoms with Crippen molar-refractivity contribution in [3.05, 3.63) is 64.7 Å². The predicted molar refractivity (Wildman–Crippen MR) is 124 cm³/mol. The first-order valence-electron chi connectivity index (χ1n) is 12.0. The molecule has 0 aliphatic heterocycles. The molecule has 0 bridgehead atoms. The highest BCUT2D eigenvalue weighted by Crippen LogP contribution is 2.61. The molecule has 3 aliphatic rings. The first-order chi connectivity index (χ1) is 15.5. The first kappa shape index (κ1) is 21.7. The van der Waals surface area contributed by atoms with Gasteiger partial charge in [0.1, 0.15) is 19.0 Å². The molecule has 2 aromatic carbocycles. The van der Waals surface area contributed by atoms with E-state index in [9.17, 15) is 9.90 Å². The van der Waals surface area contributed by atoms with E-state index in [0.717, 1.165) is 44.1 Å². The van der Waals surface area contributed by atoms with Crippen LogP contribution in [0.1, 0.15) is 72.0 Å². The van der Waals surface area contributed by atoms with Crippen LogP contribution in [0.5, 0.6) is 5.75 Å². The molecule has 0 spiro atoms. The van der Waals surface area contributed by atoms with Gasteiger partial charge in [-0.25, -0.2) is 0 Å². The first-order valence-corrected chi connectivity index (χ1v) is 12.0. The second-order valence-corrected chi connectivity index (χ2v) is 10.2. The zero-order chi connectivity index (χ0) is 22.3. The van der Waals surface area contributed by atoms with Crippen LogP contribution in [0.15, 0.2) is 42.5 Å². The summed E-state index contributed by atoms with van der Waals surface area (Å²) in [6, 6.07) is 14.3. The molecule has 2 saturated carbocycles. The third-order valence-corrected chi connectivity index (χ3v) is 8.59. The maximum Gasteiger partial charge on any atom is 0.192 e. The van der Waals surface area contributed by atoms with Crippen molar-refractivity contribution in [2.45, 2.75) is 64.1 Å². The summed E-state index contributed by atoms with van der Waals surface area (Å²) in [5.74, 6) is 2.29. The molecule has 1 N–H and O–H groups in total. The summed E-state index contributed by atoms with van der Waals surface area (Å²) in [6.45, 7) is 2.80. The van der Waals surface area contributed by atoms with Crippen LogP contribution >= 0.6 is 0 Å². The lowest BCUT2D eigenvalue weighted by molar-refractivity contribution is -0.0226. The summed E-state index contributed by atoms with van der Waals surface area (Å²) in [5, 5.41) is 10.7. The monoisotopic (exact) mass is 434 g/mol. The molecule has 4 heteroatoms. The van der Waals surface area contributed by atoms with Crippen molar-refractivity contribution >= 4 is 5.78 Å². The van der Waals surface area contributed by atoms with Gasteiger partial charge in [-0.3, -0.25) is 4.79 Å². The minimum absolute atomic E-state index is 0.0302. The van der Waals surface area contributed by atoms with E-state index >= 15 is 0 Å². The third kappa shape index (κ3) is 3.68. The van der Waals surface area contributed by atoms with Gasteiger partial charge in [-0.1, -0.05) is 37.3 Å². The number of hydrogen-bond donors (Lipinski definition) is 1. The van der Waals surface area contributed by atoms with Crippen molar-refractivity contribution in [3.63, 3.8) is 0 Å². The highest BCUT2D eigenvalue weighted by atomic mass is 16.5. The van der Waals surface area contributed by atoms with Crippen LogP contribution in [0.3, 0.4) is 0 Å². The molecule has 0 radical (unpaired) electrons. The summed E-state index contributed by atoms with van der Waals surface area (Å²) in [5.41, 5.74) is 4.44. The quantitative estimate of drug-likeness (QED) is 0.626. The lowest BCUT2D eigenvalue weighted by Crippen LogP contribution is -2.44. The molecule has 2 aromatic rings. The summed E-state index contributed by atoms with van der Waals surface area (Å²) < 4.78 is 11.4. The van der Waals surface area contributed by atoms with E-state index in [1.165, 1.54) is 11.1 Å². The molecule has 32 heavy (non-hydrogen) atoms. The minimum Gasteiger partial charge on any atom is -0.488 e. The molecule has 4 nitrogen and oxygen atoms in total. The Balaban J connectivity index is 1.47. The number of ketones is 1. The van der Waals surface area contributed by atoms with Crippen LogP contribution in [0.4, 0.5) is 0 Å². The summed E-state index contributed by atoms with van der Waals surface area (Å²) in [4.78, 5) is 13.0. The Labute approximate surface area is 190 Å². The lowest BCUT2D eigenvalue weighted by Gasteiger charge is -2.50. The molecule has 5 rings (SSSR count). The number of aliphatic hydroxyl groups excluding tert-OH is 1. The van der Waals surface area contributed by atoms with Crippen molar-refractivity contribution in [2.24, 2.45) is 17.3 Å². The number of rotatable bonds is 6. The molecule has 5 atom stereocenters. The van der Waals surface area contributed by atoms with Gasteiger partial charge in [0.15, 0.2) is 5.78 Å². The van der Waals surface area contributed by atoms with E-state index in [4.69, 9.17) is 9.47 Å². The van der Waals surface area contributed by atoms with Crippen molar-refractivity contribution < 1.29 is 19.4 Å². The van der Waals surface area contributed by atoms with Gasteiger partial charge in [0.05, 0.1) is 11.7 Å². The van der Waals surface area contributed by atoms with Gasteiger partial charge < -0.3 is 14.6 Å². The Morgan fingerprint density at radius 3 is 2.72 bits per heavy atom. The molecule has 0 amide bonds. The summed E-state index contributed by atoms with van der Waals surface area (Å²) >= 11 is 0. The minimum atomic E-state index is -0.164. The zero-order valence-corrected chi connectivity index (χ0v) is 19.2. The number of aliphatic hydroxyl groups is 1. The second-order valence-electron chi connectivity index (χ2n) is 10.2. The summed E-state index contributed by atoms with van der Waals surface area (Å²) in [7, 11) is 1.56. The van der Waals surface area contributed by atoms with Crippen LogP contribution in [-0.4, -0.2) is 30.7 Å². The lowest BCUT2D eigenvalue weighted by atomic mass is 9.55. The van der Waals surface area contributed by atoms with Crippen molar-refractivity contribution in [1.29, 1.82) is 0 Å². The van der Waals surface area contributed by atoms with Gasteiger partial charge in [-0.2, -0.15) is 0 Å². The van der Waals surface area contributed by atoms with Crippen LogP contribution in [0.2, 0.25) is 0 Å². The van der Waals surface area contributed by atoms with Crippen LogP contribution in [0.25, 0.3) is 0 Å². The second kappa shape index (κ2) is 8.64. The number of benzene rings is 2. The number of carbonyl (C=O) groups is 1. The van der Waals surface area contributed by atoms with E-state index in [0.29, 0.717) is 35.7 Å². The van der Waals surface area contributed by atoms with E-state index in [-0.39, 0.29) is 23.9 Å². The smallest absolute Gasteiger partial charge is 0.192 e. The van der Waals surface area contributed by atoms with Crippen molar-refractivity contribution in [3.8, 4) is 5.75 Å². The number of Topliss-reactive ketones (excluding diaryl/α,β-unsaturated/α-hetero) is 1. The van der Waals surface area contributed by atoms with E-state index in [1.54, 1.807) is 7.11 Å². The third-order valence-electron chi connectivity index (χ3n) is 8.59. The number of hydrogen-bond acceptors (Lipinski definition) is 4. The molecule has 0 unspecified atom stereocenters. The fourth-order valence-electron chi connectivity index (χ4n) is 6.85. The van der Waals surface area contributed by atoms with E-state index in [2.05, 4.69) is 19.1 Å². The Hall–Kier alpha value is -2.17. The normalized spacial score (nSPS) is 30.8. The standard InChI is InChI=1S/C28H34O4/c1-28-13-12-20-21(24(28)10-11-27(28)30)9-8-19-14-26(32-16-18-6-4-3-5-7-18)23(15-22(19)20)25(29)17-31-2/h3-7,14-15,20-21,24,27,30H,8-13,16-17H2,1-2H3/t20-,21+,24-,27-,28-/m0/s1. The van der Waals surface area contributed by atoms with Crippen molar-refractivity contribution in [1.82, 2.24) is 0 Å². The SMILES string of the molecule is COCC(=O)c1cc2c(cc1OCc1ccccc1)CC[C@@H]1[C@@H]2CC[C@]2(C)[C@@H](O)CC[C@@H]12. The fourth-order valence-corrected chi connectivity index (χ4v) is 6.85. The van der Waals surface area contributed by atoms with Gasteiger partial charge in [0.2, 0.25) is 0 Å². The fraction of sp³-hybridized carbons (Fsp3) is 0.536. The molecule has 3 aliphatic carbocycles. The molecular weight excluding hydrogens is 400 g/mol. The number of fused-ring (bicyclic) bond motifs is 5. The highest BCUT2D eigenvalue weighted by molar-refractivity contribution is 6.00. The molecule has 0 heterocycles. The largest absolute Gasteiger partial charge is 0.488 e. The Morgan fingerprint density at radius 1 is 1.12 bits per heavy atom. The molecule has 0 saturated heterocycles. The summed E-state index contributed by atoms with van der Waals surface area (Å²) in [6.07, 6.45) is 6.22. The average molecular weight is 435 g/mol. The topological polar surface area (TPSA) is 55.8 Å². The zero-order valence-electron chi connectivity index (χ0n) is 19.2. The molecular formula is C28H34O4. The maximum atomic E-state index is 13.0. The van der Waals surface area contributed by atoms with Gasteiger partial charge in [0.25, 0.3) is 0 Å². The van der Waals surface area contributed by atoms with Crippen LogP contribution < -0.4 is 4.74 Å². The molecule has 0 aromatic heterocycles. The Morgan fingerprint density at radius 2 is 1.94 bits per heavy atom. The molecule has 2 fully saturated rings. The van der Waals surface area contributed by atoms with Gasteiger partial charge >= 0.3 is 0 Å². The van der Waals surface area contributed by atoms with Gasteiger partial charge in [-0.15, -0.1) is 0 Å². The Kier molecular flexibility index (Phi) is 5.85. The van der Waals surface area contributed by atoms with Crippen molar-refractivity contribution in [2.75, 3.05) is 13.7 Å². The predicted octanol–water partition coefficient (Wildman–Crippen LogP) is 5.31. The number of ether oxygens (including phenoxy) is 2. The van der Waals surface area contributed by atoms with Gasteiger partial charge in [0, 0.05) is 7.11 Å². The average Bonchev–Trinajstić information content (AvgIpc) is 3.12. The highest BCUT2D eigenvalue weighted by Gasteiger charge is 2.54.